The summed E-state index contributed by atoms with van der Waals surface area (Å²) in [7, 11) is 0. The molecule has 0 unspecified atom stereocenters. The van der Waals surface area contributed by atoms with Crippen LogP contribution in [0.4, 0.5) is 8.78 Å². The molecule has 0 bridgehead atoms. The Labute approximate surface area is 79.9 Å². The number of rotatable bonds is 3. The summed E-state index contributed by atoms with van der Waals surface area (Å²) in [5, 5.41) is 0. The van der Waals surface area contributed by atoms with Gasteiger partial charge in [-0.3, -0.25) is 4.79 Å². The Hall–Kier alpha value is -1.36. The highest BCUT2D eigenvalue weighted by Gasteiger charge is 2.17. The predicted molar refractivity (Wildman–Crippen MR) is 47.2 cm³/mol. The van der Waals surface area contributed by atoms with Gasteiger partial charge < -0.3 is 5.73 Å². The topological polar surface area (TPSA) is 56.0 Å². The fourth-order valence-electron chi connectivity index (χ4n) is 1.30. The zero-order valence-corrected chi connectivity index (χ0v) is 7.63. The van der Waals surface area contributed by atoms with E-state index in [2.05, 4.69) is 4.98 Å². The number of carbonyl (C=O) groups excluding carboxylic acids is 1. The average Bonchev–Trinajstić information content (AvgIpc) is 2.15. The zero-order valence-electron chi connectivity index (χ0n) is 7.63. The van der Waals surface area contributed by atoms with Crippen LogP contribution in [0.2, 0.25) is 0 Å². The second-order valence-corrected chi connectivity index (χ2v) is 2.83. The van der Waals surface area contributed by atoms with Crippen LogP contribution in [0.25, 0.3) is 0 Å². The van der Waals surface area contributed by atoms with Gasteiger partial charge in [0.25, 0.3) is 6.43 Å². The molecule has 0 saturated carbocycles. The van der Waals surface area contributed by atoms with Gasteiger partial charge in [-0.2, -0.15) is 0 Å². The Morgan fingerprint density at radius 1 is 1.64 bits per heavy atom. The molecule has 0 radical (unpaired) electrons. The lowest BCUT2D eigenvalue weighted by molar-refractivity contribution is 0.111. The molecule has 1 rings (SSSR count). The van der Waals surface area contributed by atoms with E-state index in [1.807, 2.05) is 0 Å². The Morgan fingerprint density at radius 2 is 2.29 bits per heavy atom. The molecule has 0 aliphatic heterocycles. The third-order valence-electron chi connectivity index (χ3n) is 1.91. The van der Waals surface area contributed by atoms with Crippen LogP contribution < -0.4 is 5.73 Å². The monoisotopic (exact) mass is 200 g/mol. The summed E-state index contributed by atoms with van der Waals surface area (Å²) in [6.07, 6.45) is -2.09. The third kappa shape index (κ3) is 1.93. The highest BCUT2D eigenvalue weighted by Crippen LogP contribution is 2.25. The molecule has 0 spiro atoms. The van der Waals surface area contributed by atoms with E-state index in [0.717, 1.165) is 0 Å². The molecule has 14 heavy (non-hydrogen) atoms. The van der Waals surface area contributed by atoms with Gasteiger partial charge in [-0.15, -0.1) is 0 Å². The number of carbonyl (C=O) groups is 1. The van der Waals surface area contributed by atoms with E-state index in [9.17, 15) is 13.6 Å². The first-order valence-electron chi connectivity index (χ1n) is 4.04. The second-order valence-electron chi connectivity index (χ2n) is 2.83. The number of aryl methyl sites for hydroxylation is 1. The Balaban J connectivity index is 3.34. The van der Waals surface area contributed by atoms with Crippen molar-refractivity contribution in [3.63, 3.8) is 0 Å². The lowest BCUT2D eigenvalue weighted by atomic mass is 10.1. The molecule has 0 aliphatic carbocycles. The van der Waals surface area contributed by atoms with Gasteiger partial charge in [-0.05, 0) is 18.6 Å². The molecular weight excluding hydrogens is 190 g/mol. The van der Waals surface area contributed by atoms with E-state index >= 15 is 0 Å². The van der Waals surface area contributed by atoms with Crippen molar-refractivity contribution in [1.29, 1.82) is 0 Å². The van der Waals surface area contributed by atoms with E-state index in [1.165, 1.54) is 13.0 Å². The number of halogens is 2. The molecule has 1 aromatic rings. The maximum absolute atomic E-state index is 12.5. The summed E-state index contributed by atoms with van der Waals surface area (Å²) in [5.74, 6) is 0. The highest BCUT2D eigenvalue weighted by atomic mass is 19.3. The van der Waals surface area contributed by atoms with E-state index in [4.69, 9.17) is 5.73 Å². The van der Waals surface area contributed by atoms with Crippen molar-refractivity contribution in [3.05, 3.63) is 28.6 Å². The van der Waals surface area contributed by atoms with Gasteiger partial charge in [0.2, 0.25) is 0 Å². The molecule has 76 valence electrons. The van der Waals surface area contributed by atoms with E-state index < -0.39 is 6.43 Å². The van der Waals surface area contributed by atoms with Crippen molar-refractivity contribution in [2.45, 2.75) is 19.9 Å². The lowest BCUT2D eigenvalue weighted by Gasteiger charge is -2.10. The van der Waals surface area contributed by atoms with Crippen LogP contribution in [0.3, 0.4) is 0 Å². The minimum atomic E-state index is -2.61. The summed E-state index contributed by atoms with van der Waals surface area (Å²) >= 11 is 0. The van der Waals surface area contributed by atoms with Crippen LogP contribution in [-0.4, -0.2) is 11.3 Å². The molecule has 3 nitrogen and oxygen atoms in total. The first-order chi connectivity index (χ1) is 6.60. The molecule has 2 N–H and O–H groups in total. The fourth-order valence-corrected chi connectivity index (χ4v) is 1.30. The first-order valence-corrected chi connectivity index (χ1v) is 4.04. The SMILES string of the molecule is Cc1nc(C=O)cc(CN)c1C(F)F. The molecule has 0 saturated heterocycles. The zero-order chi connectivity index (χ0) is 10.7. The highest BCUT2D eigenvalue weighted by molar-refractivity contribution is 5.72. The number of hydrogen-bond donors (Lipinski definition) is 1. The molecule has 0 amide bonds. The normalized spacial score (nSPS) is 10.6. The summed E-state index contributed by atoms with van der Waals surface area (Å²) in [4.78, 5) is 14.1. The number of alkyl halides is 2. The molecule has 5 heteroatoms. The van der Waals surface area contributed by atoms with Gasteiger partial charge in [0.15, 0.2) is 6.29 Å². The third-order valence-corrected chi connectivity index (χ3v) is 1.91. The molecule has 0 fully saturated rings. The minimum Gasteiger partial charge on any atom is -0.326 e. The standard InChI is InChI=1S/C9H10F2N2O/c1-5-8(9(10)11)6(3-12)2-7(4-14)13-5/h2,4,9H,3,12H2,1H3. The van der Waals surface area contributed by atoms with Crippen LogP contribution in [-0.2, 0) is 6.54 Å². The summed E-state index contributed by atoms with van der Waals surface area (Å²) < 4.78 is 25.1. The molecule has 0 aromatic carbocycles. The van der Waals surface area contributed by atoms with Crippen molar-refractivity contribution >= 4 is 6.29 Å². The van der Waals surface area contributed by atoms with Crippen molar-refractivity contribution in [2.75, 3.05) is 0 Å². The molecule has 1 aromatic heterocycles. The minimum absolute atomic E-state index is 0.0239. The van der Waals surface area contributed by atoms with Crippen LogP contribution in [0, 0.1) is 6.92 Å². The first kappa shape index (κ1) is 10.7. The van der Waals surface area contributed by atoms with Gasteiger partial charge in [-0.1, -0.05) is 0 Å². The Bertz CT molecular complexity index is 353. The number of aldehydes is 1. The van der Waals surface area contributed by atoms with E-state index in [0.29, 0.717) is 6.29 Å². The second kappa shape index (κ2) is 4.23. The number of aromatic nitrogens is 1. The molecule has 0 aliphatic rings. The van der Waals surface area contributed by atoms with Gasteiger partial charge >= 0.3 is 0 Å². The lowest BCUT2D eigenvalue weighted by Crippen LogP contribution is -2.07. The molecular formula is C9H10F2N2O. The maximum atomic E-state index is 12.5. The number of pyridine rings is 1. The largest absolute Gasteiger partial charge is 0.326 e. The summed E-state index contributed by atoms with van der Waals surface area (Å²) in [5.41, 5.74) is 5.70. The summed E-state index contributed by atoms with van der Waals surface area (Å²) in [6.45, 7) is 1.41. The van der Waals surface area contributed by atoms with Gasteiger partial charge in [0.1, 0.15) is 5.69 Å². The number of hydrogen-bond acceptors (Lipinski definition) is 3. The number of nitrogens with zero attached hydrogens (tertiary/aromatic N) is 1. The van der Waals surface area contributed by atoms with Gasteiger partial charge in [0, 0.05) is 17.8 Å². The molecule has 0 atom stereocenters. The van der Waals surface area contributed by atoms with E-state index in [1.54, 1.807) is 0 Å². The fraction of sp³-hybridized carbons (Fsp3) is 0.333. The smallest absolute Gasteiger partial charge is 0.265 e. The van der Waals surface area contributed by atoms with Gasteiger partial charge in [-0.25, -0.2) is 13.8 Å². The quantitative estimate of drug-likeness (QED) is 0.754. The average molecular weight is 200 g/mol. The van der Waals surface area contributed by atoms with Crippen molar-refractivity contribution in [2.24, 2.45) is 5.73 Å². The Morgan fingerprint density at radius 3 is 2.71 bits per heavy atom. The maximum Gasteiger partial charge on any atom is 0.265 e. The predicted octanol–water partition coefficient (Wildman–Crippen LogP) is 1.60. The van der Waals surface area contributed by atoms with Crippen LogP contribution >= 0.6 is 0 Å². The van der Waals surface area contributed by atoms with Crippen LogP contribution in [0.15, 0.2) is 6.07 Å². The Kier molecular flexibility index (Phi) is 3.24. The van der Waals surface area contributed by atoms with Crippen molar-refractivity contribution < 1.29 is 13.6 Å². The van der Waals surface area contributed by atoms with Crippen LogP contribution in [0.1, 0.15) is 33.7 Å². The van der Waals surface area contributed by atoms with Gasteiger partial charge in [0.05, 0.1) is 0 Å². The van der Waals surface area contributed by atoms with E-state index in [-0.39, 0.29) is 29.1 Å². The van der Waals surface area contributed by atoms with Crippen molar-refractivity contribution in [1.82, 2.24) is 4.98 Å². The number of nitrogens with two attached hydrogens (primary N) is 1. The van der Waals surface area contributed by atoms with Crippen LogP contribution in [0.5, 0.6) is 0 Å². The molecule has 1 heterocycles. The summed E-state index contributed by atoms with van der Waals surface area (Å²) in [6, 6.07) is 1.29. The van der Waals surface area contributed by atoms with Crippen molar-refractivity contribution in [3.8, 4) is 0 Å².